The molecule has 0 radical (unpaired) electrons. The quantitative estimate of drug-likeness (QED) is 0.893. The topological polar surface area (TPSA) is 65.3 Å². The monoisotopic (exact) mass is 324 g/mol. The highest BCUT2D eigenvalue weighted by molar-refractivity contribution is 9.10. The fraction of sp³-hybridized carbons (Fsp3) is 0.500. The molecule has 0 bridgehead atoms. The number of rotatable bonds is 4. The molecule has 5 heteroatoms. The summed E-state index contributed by atoms with van der Waals surface area (Å²) >= 11 is 3.31. The number of ether oxygens (including phenoxy) is 1. The third-order valence-corrected chi connectivity index (χ3v) is 4.16. The maximum atomic E-state index is 9.75. The Labute approximate surface area is 121 Å². The second-order valence-electron chi connectivity index (χ2n) is 4.78. The van der Waals surface area contributed by atoms with Gasteiger partial charge in [0.15, 0.2) is 11.5 Å². The van der Waals surface area contributed by atoms with Crippen LogP contribution in [0, 0.1) is 17.2 Å². The van der Waals surface area contributed by atoms with Crippen molar-refractivity contribution in [1.29, 1.82) is 5.26 Å². The molecule has 2 rings (SSSR count). The third kappa shape index (κ3) is 3.20. The molecule has 0 heterocycles. The van der Waals surface area contributed by atoms with E-state index in [4.69, 9.17) is 10.00 Å². The van der Waals surface area contributed by atoms with Gasteiger partial charge in [-0.2, -0.15) is 5.26 Å². The SMILES string of the molecule is COc1cc(CNC2CCCC2C#N)cc(Br)c1O. The van der Waals surface area contributed by atoms with Crippen molar-refractivity contribution in [2.24, 2.45) is 5.92 Å². The summed E-state index contributed by atoms with van der Waals surface area (Å²) in [5, 5.41) is 22.2. The highest BCUT2D eigenvalue weighted by atomic mass is 79.9. The number of hydrogen-bond donors (Lipinski definition) is 2. The van der Waals surface area contributed by atoms with Crippen LogP contribution in [0.5, 0.6) is 11.5 Å². The molecule has 1 fully saturated rings. The van der Waals surface area contributed by atoms with Crippen LogP contribution >= 0.6 is 15.9 Å². The molecule has 0 aliphatic heterocycles. The Morgan fingerprint density at radius 3 is 3.00 bits per heavy atom. The molecule has 0 aromatic heterocycles. The minimum absolute atomic E-state index is 0.113. The predicted octanol–water partition coefficient (Wildman–Crippen LogP) is 2.95. The number of hydrogen-bond acceptors (Lipinski definition) is 4. The molecule has 2 atom stereocenters. The van der Waals surface area contributed by atoms with Gasteiger partial charge >= 0.3 is 0 Å². The van der Waals surface area contributed by atoms with Crippen LogP contribution in [0.25, 0.3) is 0 Å². The number of methoxy groups -OCH3 is 1. The number of phenols is 1. The van der Waals surface area contributed by atoms with Gasteiger partial charge in [0.05, 0.1) is 23.6 Å². The zero-order chi connectivity index (χ0) is 13.8. The summed E-state index contributed by atoms with van der Waals surface area (Å²) in [5.41, 5.74) is 1.02. The first-order valence-electron chi connectivity index (χ1n) is 6.34. The summed E-state index contributed by atoms with van der Waals surface area (Å²) in [4.78, 5) is 0. The molecule has 1 aliphatic carbocycles. The maximum Gasteiger partial charge on any atom is 0.172 e. The smallest absolute Gasteiger partial charge is 0.172 e. The Balaban J connectivity index is 2.04. The summed E-state index contributed by atoms with van der Waals surface area (Å²) in [6, 6.07) is 6.30. The molecular formula is C14H17BrN2O2. The molecule has 0 saturated heterocycles. The van der Waals surface area contributed by atoms with E-state index in [-0.39, 0.29) is 17.7 Å². The van der Waals surface area contributed by atoms with Crippen LogP contribution in [0.2, 0.25) is 0 Å². The minimum Gasteiger partial charge on any atom is -0.503 e. The molecule has 4 nitrogen and oxygen atoms in total. The minimum atomic E-state index is 0.113. The first-order valence-corrected chi connectivity index (χ1v) is 7.13. The van der Waals surface area contributed by atoms with E-state index in [0.29, 0.717) is 16.8 Å². The molecule has 1 aliphatic rings. The van der Waals surface area contributed by atoms with E-state index in [9.17, 15) is 5.11 Å². The predicted molar refractivity (Wildman–Crippen MR) is 75.9 cm³/mol. The molecule has 19 heavy (non-hydrogen) atoms. The van der Waals surface area contributed by atoms with Crippen molar-refractivity contribution >= 4 is 15.9 Å². The van der Waals surface area contributed by atoms with E-state index in [1.165, 1.54) is 7.11 Å². The molecule has 2 N–H and O–H groups in total. The van der Waals surface area contributed by atoms with Gasteiger partial charge in [0, 0.05) is 12.6 Å². The van der Waals surface area contributed by atoms with E-state index < -0.39 is 0 Å². The number of aromatic hydroxyl groups is 1. The Kier molecular flexibility index (Phi) is 4.67. The average Bonchev–Trinajstić information content (AvgIpc) is 2.87. The van der Waals surface area contributed by atoms with E-state index >= 15 is 0 Å². The number of benzene rings is 1. The van der Waals surface area contributed by atoms with Gasteiger partial charge in [-0.15, -0.1) is 0 Å². The van der Waals surface area contributed by atoms with E-state index in [1.807, 2.05) is 12.1 Å². The van der Waals surface area contributed by atoms with Crippen molar-refractivity contribution in [3.8, 4) is 17.6 Å². The third-order valence-electron chi connectivity index (χ3n) is 3.56. The van der Waals surface area contributed by atoms with Crippen molar-refractivity contribution in [1.82, 2.24) is 5.32 Å². The molecule has 0 spiro atoms. The normalized spacial score (nSPS) is 22.2. The average molecular weight is 325 g/mol. The lowest BCUT2D eigenvalue weighted by Gasteiger charge is -2.16. The van der Waals surface area contributed by atoms with Gasteiger partial charge in [0.1, 0.15) is 0 Å². The van der Waals surface area contributed by atoms with Crippen molar-refractivity contribution in [3.05, 3.63) is 22.2 Å². The molecule has 102 valence electrons. The molecule has 0 amide bonds. The number of halogens is 1. The van der Waals surface area contributed by atoms with Crippen LogP contribution in [0.4, 0.5) is 0 Å². The highest BCUT2D eigenvalue weighted by Crippen LogP contribution is 2.35. The van der Waals surface area contributed by atoms with Gasteiger partial charge in [0.2, 0.25) is 0 Å². The fourth-order valence-electron chi connectivity index (χ4n) is 2.49. The molecule has 2 unspecified atom stereocenters. The van der Waals surface area contributed by atoms with Gasteiger partial charge in [-0.3, -0.25) is 0 Å². The van der Waals surface area contributed by atoms with Gasteiger partial charge in [0.25, 0.3) is 0 Å². The number of nitriles is 1. The number of phenolic OH excluding ortho intramolecular Hbond substituents is 1. The summed E-state index contributed by atoms with van der Waals surface area (Å²) in [7, 11) is 1.53. The van der Waals surface area contributed by atoms with E-state index in [0.717, 1.165) is 24.8 Å². The van der Waals surface area contributed by atoms with Gasteiger partial charge < -0.3 is 15.2 Å². The van der Waals surface area contributed by atoms with Crippen molar-refractivity contribution in [3.63, 3.8) is 0 Å². The standard InChI is InChI=1S/C14H17BrN2O2/c1-19-13-6-9(5-11(15)14(13)18)8-17-12-4-2-3-10(12)7-16/h5-6,10,12,17-18H,2-4,8H2,1H3. The van der Waals surface area contributed by atoms with Crippen LogP contribution in [0.3, 0.4) is 0 Å². The first kappa shape index (κ1) is 14.2. The number of nitrogens with zero attached hydrogens (tertiary/aromatic N) is 1. The lowest BCUT2D eigenvalue weighted by Crippen LogP contribution is -2.31. The Morgan fingerprint density at radius 2 is 2.32 bits per heavy atom. The van der Waals surface area contributed by atoms with Gasteiger partial charge in [-0.25, -0.2) is 0 Å². The van der Waals surface area contributed by atoms with Gasteiger partial charge in [-0.05, 0) is 46.5 Å². The fourth-order valence-corrected chi connectivity index (χ4v) is 2.98. The first-order chi connectivity index (χ1) is 9.15. The lowest BCUT2D eigenvalue weighted by atomic mass is 10.1. The molecule has 1 saturated carbocycles. The summed E-state index contributed by atoms with van der Waals surface area (Å²) in [6.45, 7) is 0.665. The van der Waals surface area contributed by atoms with Crippen LogP contribution in [-0.2, 0) is 6.54 Å². The molecule has 1 aromatic carbocycles. The zero-order valence-electron chi connectivity index (χ0n) is 10.8. The molecule has 1 aromatic rings. The molecular weight excluding hydrogens is 308 g/mol. The van der Waals surface area contributed by atoms with E-state index in [1.54, 1.807) is 0 Å². The van der Waals surface area contributed by atoms with Crippen LogP contribution in [0.1, 0.15) is 24.8 Å². The second kappa shape index (κ2) is 6.27. The largest absolute Gasteiger partial charge is 0.503 e. The second-order valence-corrected chi connectivity index (χ2v) is 5.64. The van der Waals surface area contributed by atoms with Crippen molar-refractivity contribution in [2.75, 3.05) is 7.11 Å². The van der Waals surface area contributed by atoms with Gasteiger partial charge in [-0.1, -0.05) is 6.42 Å². The number of nitrogens with one attached hydrogen (secondary N) is 1. The summed E-state index contributed by atoms with van der Waals surface area (Å²) in [6.07, 6.45) is 3.14. The highest BCUT2D eigenvalue weighted by Gasteiger charge is 2.26. The summed E-state index contributed by atoms with van der Waals surface area (Å²) in [5.74, 6) is 0.680. The van der Waals surface area contributed by atoms with Crippen LogP contribution in [-0.4, -0.2) is 18.3 Å². The Morgan fingerprint density at radius 1 is 1.53 bits per heavy atom. The Bertz CT molecular complexity index is 499. The van der Waals surface area contributed by atoms with Crippen LogP contribution in [0.15, 0.2) is 16.6 Å². The van der Waals surface area contributed by atoms with Crippen molar-refractivity contribution < 1.29 is 9.84 Å². The Hall–Kier alpha value is -1.25. The zero-order valence-corrected chi connectivity index (χ0v) is 12.4. The maximum absolute atomic E-state index is 9.75. The lowest BCUT2D eigenvalue weighted by molar-refractivity contribution is 0.370. The van der Waals surface area contributed by atoms with E-state index in [2.05, 4.69) is 27.3 Å². The summed E-state index contributed by atoms with van der Waals surface area (Å²) < 4.78 is 5.74. The van der Waals surface area contributed by atoms with Crippen molar-refractivity contribution in [2.45, 2.75) is 31.8 Å². The van der Waals surface area contributed by atoms with Crippen LogP contribution < -0.4 is 10.1 Å².